The summed E-state index contributed by atoms with van der Waals surface area (Å²) in [5.41, 5.74) is 5.18. The van der Waals surface area contributed by atoms with Crippen LogP contribution >= 0.6 is 0 Å². The molecule has 3 heterocycles. The van der Waals surface area contributed by atoms with Crippen molar-refractivity contribution in [2.75, 3.05) is 0 Å². The molecule has 0 saturated carbocycles. The van der Waals surface area contributed by atoms with Crippen LogP contribution in [0, 0.1) is 0 Å². The summed E-state index contributed by atoms with van der Waals surface area (Å²) in [6.45, 7) is 3.99. The van der Waals surface area contributed by atoms with Crippen LogP contribution in [-0.2, 0) is 11.3 Å². The van der Waals surface area contributed by atoms with E-state index in [1.54, 1.807) is 12.4 Å². The number of benzene rings is 2. The van der Waals surface area contributed by atoms with Gasteiger partial charge < -0.3 is 0 Å². The predicted octanol–water partition coefficient (Wildman–Crippen LogP) is 5.09. The van der Waals surface area contributed by atoms with E-state index in [0.29, 0.717) is 0 Å². The highest BCUT2D eigenvalue weighted by molar-refractivity contribution is 5.65. The summed E-state index contributed by atoms with van der Waals surface area (Å²) in [6.07, 6.45) is 3.56. The maximum absolute atomic E-state index is 4.77. The molecule has 0 radical (unpaired) electrons. The summed E-state index contributed by atoms with van der Waals surface area (Å²) < 4.78 is 0. The first-order valence-electron chi connectivity index (χ1n) is 8.48. The molecule has 26 heavy (non-hydrogen) atoms. The van der Waals surface area contributed by atoms with Gasteiger partial charge in [0.1, 0.15) is 0 Å². The monoisotopic (exact) mass is 340 g/mol. The van der Waals surface area contributed by atoms with Crippen LogP contribution in [0.4, 0.5) is 0 Å². The van der Waals surface area contributed by atoms with Crippen molar-refractivity contribution >= 4 is 0 Å². The Morgan fingerprint density at radius 3 is 1.31 bits per heavy atom. The summed E-state index contributed by atoms with van der Waals surface area (Å²) in [5.74, 6) is 0. The lowest BCUT2D eigenvalue weighted by atomic mass is 10.0. The van der Waals surface area contributed by atoms with Crippen molar-refractivity contribution in [3.8, 4) is 22.5 Å². The van der Waals surface area contributed by atoms with Crippen LogP contribution in [0.2, 0.25) is 0 Å². The van der Waals surface area contributed by atoms with Crippen LogP contribution in [0.15, 0.2) is 81.4 Å². The molecular formula is C20H16N6. The Labute approximate surface area is 150 Å². The van der Waals surface area contributed by atoms with E-state index in [-0.39, 0.29) is 11.3 Å². The Hall–Kier alpha value is -3.28. The standard InChI is InChI=1S/C20H16N6/c1-19(23-24-19)15-7-3-13(4-8-15)17-11-21-12-18(22-17)14-5-9-16(10-6-14)20(2)25-26-20/h3-12H,1-2H3. The molecule has 0 bridgehead atoms. The van der Waals surface area contributed by atoms with E-state index >= 15 is 0 Å². The second kappa shape index (κ2) is 5.11. The van der Waals surface area contributed by atoms with E-state index in [2.05, 4.69) is 25.4 Å². The van der Waals surface area contributed by atoms with Gasteiger partial charge >= 0.3 is 0 Å². The van der Waals surface area contributed by atoms with Gasteiger partial charge in [-0.3, -0.25) is 4.98 Å². The van der Waals surface area contributed by atoms with Crippen molar-refractivity contribution < 1.29 is 0 Å². The Morgan fingerprint density at radius 1 is 0.577 bits per heavy atom. The second-order valence-electron chi connectivity index (χ2n) is 6.89. The van der Waals surface area contributed by atoms with Gasteiger partial charge in [0.15, 0.2) is 0 Å². The SMILES string of the molecule is CC1(c2ccc(-c3cncc(-c4ccc(C5(C)N=N5)cc4)n3)cc2)N=N1. The average molecular weight is 340 g/mol. The second-order valence-corrected chi connectivity index (χ2v) is 6.89. The molecule has 2 aliphatic rings. The van der Waals surface area contributed by atoms with Gasteiger partial charge in [0.2, 0.25) is 11.3 Å². The normalized spacial score (nSPS) is 17.9. The highest BCUT2D eigenvalue weighted by Crippen LogP contribution is 2.40. The molecule has 6 nitrogen and oxygen atoms in total. The number of nitrogens with zero attached hydrogens (tertiary/aromatic N) is 6. The lowest BCUT2D eigenvalue weighted by molar-refractivity contribution is 0.729. The van der Waals surface area contributed by atoms with Crippen LogP contribution < -0.4 is 0 Å². The van der Waals surface area contributed by atoms with Crippen molar-refractivity contribution in [2.24, 2.45) is 20.5 Å². The lowest BCUT2D eigenvalue weighted by Gasteiger charge is -2.08. The Bertz CT molecular complexity index is 956. The van der Waals surface area contributed by atoms with Gasteiger partial charge in [0.05, 0.1) is 23.8 Å². The number of hydrogen-bond acceptors (Lipinski definition) is 6. The minimum atomic E-state index is -0.357. The predicted molar refractivity (Wildman–Crippen MR) is 97.3 cm³/mol. The zero-order valence-electron chi connectivity index (χ0n) is 14.5. The van der Waals surface area contributed by atoms with E-state index in [1.807, 2.05) is 62.4 Å². The molecule has 5 rings (SSSR count). The molecule has 0 fully saturated rings. The van der Waals surface area contributed by atoms with Crippen molar-refractivity contribution in [2.45, 2.75) is 25.2 Å². The van der Waals surface area contributed by atoms with Gasteiger partial charge in [0, 0.05) is 22.3 Å². The van der Waals surface area contributed by atoms with E-state index in [0.717, 1.165) is 33.6 Å². The highest BCUT2D eigenvalue weighted by Gasteiger charge is 2.36. The van der Waals surface area contributed by atoms with E-state index in [1.165, 1.54) is 0 Å². The summed E-state index contributed by atoms with van der Waals surface area (Å²) in [4.78, 5) is 9.14. The smallest absolute Gasteiger partial charge is 0.213 e. The summed E-state index contributed by atoms with van der Waals surface area (Å²) in [7, 11) is 0. The minimum Gasteiger partial charge on any atom is -0.260 e. The maximum atomic E-state index is 4.77. The van der Waals surface area contributed by atoms with Crippen molar-refractivity contribution in [3.63, 3.8) is 0 Å². The molecule has 0 N–H and O–H groups in total. The molecular weight excluding hydrogens is 324 g/mol. The first-order chi connectivity index (χ1) is 12.6. The fourth-order valence-corrected chi connectivity index (χ4v) is 2.94. The van der Waals surface area contributed by atoms with Gasteiger partial charge in [-0.2, -0.15) is 20.5 Å². The van der Waals surface area contributed by atoms with Gasteiger partial charge in [-0.15, -0.1) is 0 Å². The quantitative estimate of drug-likeness (QED) is 0.663. The number of hydrogen-bond donors (Lipinski definition) is 0. The third-order valence-electron chi connectivity index (χ3n) is 4.89. The molecule has 1 aromatic heterocycles. The van der Waals surface area contributed by atoms with Crippen LogP contribution in [0.25, 0.3) is 22.5 Å². The lowest BCUT2D eigenvalue weighted by Crippen LogP contribution is -2.01. The van der Waals surface area contributed by atoms with E-state index in [4.69, 9.17) is 4.98 Å². The Balaban J connectivity index is 1.43. The molecule has 2 aliphatic heterocycles. The fraction of sp³-hybridized carbons (Fsp3) is 0.200. The van der Waals surface area contributed by atoms with E-state index in [9.17, 15) is 0 Å². The molecule has 0 atom stereocenters. The molecule has 126 valence electrons. The van der Waals surface area contributed by atoms with Crippen LogP contribution in [0.1, 0.15) is 25.0 Å². The molecule has 2 aromatic carbocycles. The van der Waals surface area contributed by atoms with Crippen molar-refractivity contribution in [1.82, 2.24) is 9.97 Å². The van der Waals surface area contributed by atoms with Gasteiger partial charge in [-0.05, 0) is 13.8 Å². The van der Waals surface area contributed by atoms with Crippen LogP contribution in [0.3, 0.4) is 0 Å². The Morgan fingerprint density at radius 2 is 0.962 bits per heavy atom. The van der Waals surface area contributed by atoms with Gasteiger partial charge in [-0.1, -0.05) is 48.5 Å². The maximum Gasteiger partial charge on any atom is 0.213 e. The first-order valence-corrected chi connectivity index (χ1v) is 8.48. The van der Waals surface area contributed by atoms with Crippen molar-refractivity contribution in [3.05, 3.63) is 72.1 Å². The Kier molecular flexibility index (Phi) is 2.95. The summed E-state index contributed by atoms with van der Waals surface area (Å²) in [6, 6.07) is 16.3. The number of rotatable bonds is 4. The first kappa shape index (κ1) is 15.0. The summed E-state index contributed by atoms with van der Waals surface area (Å²) in [5, 5.41) is 16.3. The van der Waals surface area contributed by atoms with Crippen LogP contribution in [0.5, 0.6) is 0 Å². The zero-order valence-corrected chi connectivity index (χ0v) is 14.5. The van der Waals surface area contributed by atoms with Gasteiger partial charge in [-0.25, -0.2) is 4.98 Å². The van der Waals surface area contributed by atoms with E-state index < -0.39 is 0 Å². The molecule has 0 amide bonds. The molecule has 6 heteroatoms. The highest BCUT2D eigenvalue weighted by atomic mass is 15.4. The van der Waals surface area contributed by atoms with Crippen LogP contribution in [-0.4, -0.2) is 9.97 Å². The summed E-state index contributed by atoms with van der Waals surface area (Å²) >= 11 is 0. The third-order valence-corrected chi connectivity index (χ3v) is 4.89. The zero-order chi connectivity index (χ0) is 17.8. The van der Waals surface area contributed by atoms with Gasteiger partial charge in [0.25, 0.3) is 0 Å². The third kappa shape index (κ3) is 2.50. The molecule has 0 saturated heterocycles. The molecule has 0 spiro atoms. The minimum absolute atomic E-state index is 0.357. The molecule has 0 unspecified atom stereocenters. The molecule has 0 aliphatic carbocycles. The molecule has 3 aromatic rings. The largest absolute Gasteiger partial charge is 0.260 e. The van der Waals surface area contributed by atoms with Crippen molar-refractivity contribution in [1.29, 1.82) is 0 Å². The fourth-order valence-electron chi connectivity index (χ4n) is 2.94. The topological polar surface area (TPSA) is 75.2 Å². The average Bonchev–Trinajstić information content (AvgIpc) is 3.62. The number of aromatic nitrogens is 2.